The predicted molar refractivity (Wildman–Crippen MR) is 99.1 cm³/mol. The molecular weight excluding hydrogens is 429 g/mol. The van der Waals surface area contributed by atoms with Gasteiger partial charge in [0, 0.05) is 6.20 Å². The number of imide groups is 1. The second kappa shape index (κ2) is 7.82. The van der Waals surface area contributed by atoms with Gasteiger partial charge in [-0.1, -0.05) is 0 Å². The normalized spacial score (nSPS) is 14.9. The number of benzene rings is 1. The minimum Gasteiger partial charge on any atom is -0.406 e. The molecule has 0 bridgehead atoms. The van der Waals surface area contributed by atoms with E-state index in [1.807, 2.05) is 0 Å². The molecule has 0 radical (unpaired) electrons. The number of nitrogens with zero attached hydrogens (tertiary/aromatic N) is 3. The zero-order chi connectivity index (χ0) is 22.1. The molecule has 1 aliphatic rings. The maximum Gasteiger partial charge on any atom is 0.573 e. The van der Waals surface area contributed by atoms with Crippen molar-refractivity contribution in [3.63, 3.8) is 0 Å². The van der Waals surface area contributed by atoms with Crippen molar-refractivity contribution in [3.8, 4) is 5.75 Å². The summed E-state index contributed by atoms with van der Waals surface area (Å²) in [5.41, 5.74) is 0.644. The van der Waals surface area contributed by atoms with Crippen molar-refractivity contribution in [3.05, 3.63) is 48.3 Å². The van der Waals surface area contributed by atoms with Crippen molar-refractivity contribution in [2.75, 3.05) is 22.4 Å². The maximum absolute atomic E-state index is 12.7. The quantitative estimate of drug-likeness (QED) is 0.685. The van der Waals surface area contributed by atoms with Gasteiger partial charge in [0.2, 0.25) is 10.0 Å². The molecule has 3 rings (SSSR count). The molecule has 1 aromatic carbocycles. The summed E-state index contributed by atoms with van der Waals surface area (Å²) in [6, 6.07) is 5.09. The fraction of sp³-hybridized carbons (Fsp3) is 0.235. The van der Waals surface area contributed by atoms with E-state index in [9.17, 15) is 31.2 Å². The highest BCUT2D eigenvalue weighted by Crippen LogP contribution is 2.28. The molecule has 1 saturated heterocycles. The van der Waals surface area contributed by atoms with Crippen molar-refractivity contribution in [2.24, 2.45) is 0 Å². The molecule has 1 N–H and O–H groups in total. The highest BCUT2D eigenvalue weighted by molar-refractivity contribution is 7.92. The second-order valence-electron chi connectivity index (χ2n) is 6.32. The Bertz CT molecular complexity index is 1070. The number of sulfonamides is 1. The van der Waals surface area contributed by atoms with Crippen molar-refractivity contribution in [1.82, 2.24) is 9.88 Å². The molecular formula is C17H15F3N4O5S. The highest BCUT2D eigenvalue weighted by atomic mass is 32.2. The lowest BCUT2D eigenvalue weighted by Crippen LogP contribution is -2.33. The number of rotatable bonds is 6. The molecule has 9 nitrogen and oxygen atoms in total. The summed E-state index contributed by atoms with van der Waals surface area (Å²) in [4.78, 5) is 30.9. The van der Waals surface area contributed by atoms with Gasteiger partial charge in [0.05, 0.1) is 30.4 Å². The van der Waals surface area contributed by atoms with Gasteiger partial charge >= 0.3 is 12.4 Å². The number of anilines is 2. The Balaban J connectivity index is 1.78. The van der Waals surface area contributed by atoms with Gasteiger partial charge in [-0.05, 0) is 35.9 Å². The number of carbonyl (C=O) groups excluding carboxylic acids is 2. The summed E-state index contributed by atoms with van der Waals surface area (Å²) in [6.07, 6.45) is -1.22. The molecule has 30 heavy (non-hydrogen) atoms. The number of hydrogen-bond donors (Lipinski definition) is 1. The Hall–Kier alpha value is -3.35. The molecule has 0 unspecified atom stereocenters. The molecule has 2 heterocycles. The molecule has 160 valence electrons. The molecule has 1 aromatic heterocycles. The number of carbonyl (C=O) groups is 2. The molecule has 1 aliphatic heterocycles. The zero-order valence-electron chi connectivity index (χ0n) is 15.4. The van der Waals surface area contributed by atoms with Crippen molar-refractivity contribution >= 4 is 33.3 Å². The first-order valence-electron chi connectivity index (χ1n) is 8.31. The van der Waals surface area contributed by atoms with Gasteiger partial charge in [0.25, 0.3) is 5.91 Å². The lowest BCUT2D eigenvalue weighted by atomic mass is 10.2. The minimum atomic E-state index is -4.86. The van der Waals surface area contributed by atoms with Gasteiger partial charge in [-0.25, -0.2) is 18.1 Å². The van der Waals surface area contributed by atoms with Crippen LogP contribution in [0.2, 0.25) is 0 Å². The number of pyridine rings is 1. The molecule has 0 spiro atoms. The summed E-state index contributed by atoms with van der Waals surface area (Å²) in [5.74, 6) is -1.08. The summed E-state index contributed by atoms with van der Waals surface area (Å²) in [7, 11) is -3.59. The van der Waals surface area contributed by atoms with E-state index in [-0.39, 0.29) is 24.5 Å². The third-order valence-corrected chi connectivity index (χ3v) is 4.52. The van der Waals surface area contributed by atoms with Gasteiger partial charge in [-0.2, -0.15) is 0 Å². The molecule has 1 fully saturated rings. The molecule has 0 atom stereocenters. The fourth-order valence-electron chi connectivity index (χ4n) is 2.78. The Labute approximate surface area is 169 Å². The van der Waals surface area contributed by atoms with E-state index in [0.29, 0.717) is 5.56 Å². The van der Waals surface area contributed by atoms with Crippen molar-refractivity contribution < 1.29 is 35.9 Å². The molecule has 2 aromatic rings. The van der Waals surface area contributed by atoms with E-state index < -0.39 is 34.1 Å². The second-order valence-corrected chi connectivity index (χ2v) is 8.06. The van der Waals surface area contributed by atoms with Crippen LogP contribution in [-0.2, 0) is 21.4 Å². The minimum absolute atomic E-state index is 0.0752. The third kappa shape index (κ3) is 5.17. The summed E-state index contributed by atoms with van der Waals surface area (Å²) in [5, 5.41) is 0. The number of ether oxygens (including phenoxy) is 1. The first-order chi connectivity index (χ1) is 13.9. The number of aromatic nitrogens is 1. The Kier molecular flexibility index (Phi) is 5.57. The number of hydrogen-bond acceptors (Lipinski definition) is 6. The first-order valence-corrected chi connectivity index (χ1v) is 10.2. The highest BCUT2D eigenvalue weighted by Gasteiger charge is 2.37. The maximum atomic E-state index is 12.7. The number of urea groups is 1. The number of nitrogens with one attached hydrogen (secondary N) is 1. The lowest BCUT2D eigenvalue weighted by Gasteiger charge is -2.19. The predicted octanol–water partition coefficient (Wildman–Crippen LogP) is 2.32. The smallest absolute Gasteiger partial charge is 0.406 e. The van der Waals surface area contributed by atoms with Gasteiger partial charge in [-0.15, -0.1) is 13.2 Å². The van der Waals surface area contributed by atoms with E-state index >= 15 is 0 Å². The fourth-order valence-corrected chi connectivity index (χ4v) is 3.37. The van der Waals surface area contributed by atoms with E-state index in [2.05, 4.69) is 14.4 Å². The Morgan fingerprint density at radius 2 is 1.83 bits per heavy atom. The average Bonchev–Trinajstić information content (AvgIpc) is 2.89. The molecule has 0 aliphatic carbocycles. The van der Waals surface area contributed by atoms with Crippen molar-refractivity contribution in [2.45, 2.75) is 12.9 Å². The zero-order valence-corrected chi connectivity index (χ0v) is 16.2. The van der Waals surface area contributed by atoms with E-state index in [4.69, 9.17) is 0 Å². The number of alkyl halides is 3. The Morgan fingerprint density at radius 3 is 2.43 bits per heavy atom. The van der Waals surface area contributed by atoms with E-state index in [0.717, 1.165) is 35.4 Å². The Morgan fingerprint density at radius 1 is 1.17 bits per heavy atom. The first kappa shape index (κ1) is 21.4. The van der Waals surface area contributed by atoms with Crippen LogP contribution in [0.25, 0.3) is 0 Å². The van der Waals surface area contributed by atoms with Crippen LogP contribution < -0.4 is 14.4 Å². The summed E-state index contributed by atoms with van der Waals surface area (Å²) >= 11 is 0. The van der Waals surface area contributed by atoms with Crippen LogP contribution in [0.3, 0.4) is 0 Å². The van der Waals surface area contributed by atoms with Crippen LogP contribution in [0.15, 0.2) is 42.7 Å². The van der Waals surface area contributed by atoms with Gasteiger partial charge in [0.15, 0.2) is 0 Å². The van der Waals surface area contributed by atoms with Crippen molar-refractivity contribution in [1.29, 1.82) is 0 Å². The monoisotopic (exact) mass is 444 g/mol. The van der Waals surface area contributed by atoms with Gasteiger partial charge in [-0.3, -0.25) is 14.5 Å². The van der Waals surface area contributed by atoms with Crippen LogP contribution >= 0.6 is 0 Å². The van der Waals surface area contributed by atoms with Crippen LogP contribution in [0.1, 0.15) is 5.56 Å². The summed E-state index contributed by atoms with van der Waals surface area (Å²) in [6.45, 7) is -0.378. The summed E-state index contributed by atoms with van der Waals surface area (Å²) < 4.78 is 65.8. The topological polar surface area (TPSA) is 109 Å². The molecule has 13 heteroatoms. The van der Waals surface area contributed by atoms with E-state index in [1.165, 1.54) is 23.4 Å². The number of amides is 3. The number of halogens is 3. The molecule has 0 saturated carbocycles. The van der Waals surface area contributed by atoms with E-state index in [1.54, 1.807) is 0 Å². The van der Waals surface area contributed by atoms with Gasteiger partial charge in [0.1, 0.15) is 12.3 Å². The van der Waals surface area contributed by atoms with Crippen LogP contribution in [0.5, 0.6) is 5.75 Å². The van der Waals surface area contributed by atoms with Crippen LogP contribution in [0.4, 0.5) is 29.3 Å². The van der Waals surface area contributed by atoms with Gasteiger partial charge < -0.3 is 9.64 Å². The standard InChI is InChI=1S/C17H15F3N4O5S/c1-30(27,28)22-14-8-21-7-6-11(14)9-23-10-15(25)24(16(23)26)12-2-4-13(5-3-12)29-17(18,19)20/h2-8,22H,9-10H2,1H3. The lowest BCUT2D eigenvalue weighted by molar-refractivity contribution is -0.274. The third-order valence-electron chi connectivity index (χ3n) is 3.93. The average molecular weight is 444 g/mol. The SMILES string of the molecule is CS(=O)(=O)Nc1cnccc1CN1CC(=O)N(c2ccc(OC(F)(F)F)cc2)C1=O. The van der Waals surface area contributed by atoms with Crippen LogP contribution in [0, 0.1) is 0 Å². The van der Waals surface area contributed by atoms with Crippen LogP contribution in [-0.4, -0.2) is 49.4 Å². The molecule has 3 amide bonds. The largest absolute Gasteiger partial charge is 0.573 e.